The zero-order valence-electron chi connectivity index (χ0n) is 10.6. The molecule has 0 saturated carbocycles. The normalized spacial score (nSPS) is 10.7. The Morgan fingerprint density at radius 1 is 1.30 bits per heavy atom. The molecule has 0 aliphatic rings. The Labute approximate surface area is 123 Å². The van der Waals surface area contributed by atoms with E-state index in [4.69, 9.17) is 16.2 Å². The lowest BCUT2D eigenvalue weighted by molar-refractivity contribution is 0.215. The van der Waals surface area contributed by atoms with Gasteiger partial charge in [-0.2, -0.15) is 0 Å². The Balaban J connectivity index is 2.35. The maximum Gasteiger partial charge on any atom is 0.233 e. The molecule has 0 radical (unpaired) electrons. The van der Waals surface area contributed by atoms with Gasteiger partial charge in [0.15, 0.2) is 0 Å². The van der Waals surface area contributed by atoms with E-state index in [9.17, 15) is 0 Å². The number of benzene rings is 1. The van der Waals surface area contributed by atoms with Crippen molar-refractivity contribution >= 4 is 33.6 Å². The number of ether oxygens (including phenoxy) is 1. The van der Waals surface area contributed by atoms with Gasteiger partial charge in [0, 0.05) is 10.2 Å². The molecule has 4 N–H and O–H groups in total. The maximum absolute atomic E-state index is 5.76. The van der Waals surface area contributed by atoms with E-state index < -0.39 is 0 Å². The fourth-order valence-electron chi connectivity index (χ4n) is 1.38. The molecule has 0 aliphatic carbocycles. The summed E-state index contributed by atoms with van der Waals surface area (Å²) >= 11 is 3.33. The number of nitrogens with zero attached hydrogens (tertiary/aromatic N) is 3. The van der Waals surface area contributed by atoms with Crippen molar-refractivity contribution in [2.45, 2.75) is 0 Å². The van der Waals surface area contributed by atoms with Crippen LogP contribution in [0.1, 0.15) is 5.56 Å². The van der Waals surface area contributed by atoms with Crippen molar-refractivity contribution in [2.75, 3.05) is 18.6 Å². The van der Waals surface area contributed by atoms with E-state index in [1.807, 2.05) is 0 Å². The molecule has 0 spiro atoms. The predicted molar refractivity (Wildman–Crippen MR) is 79.7 cm³/mol. The Morgan fingerprint density at radius 3 is 2.80 bits per heavy atom. The van der Waals surface area contributed by atoms with Gasteiger partial charge >= 0.3 is 0 Å². The van der Waals surface area contributed by atoms with E-state index in [-0.39, 0.29) is 11.7 Å². The number of nitrogens with two attached hydrogens (primary N) is 2. The molecule has 0 unspecified atom stereocenters. The molecule has 104 valence electrons. The van der Waals surface area contributed by atoms with Crippen molar-refractivity contribution in [1.29, 1.82) is 0 Å². The summed E-state index contributed by atoms with van der Waals surface area (Å²) in [7, 11) is 1.42. The molecule has 1 aromatic heterocycles. The highest BCUT2D eigenvalue weighted by atomic mass is 79.9. The van der Waals surface area contributed by atoms with E-state index >= 15 is 0 Å². The summed E-state index contributed by atoms with van der Waals surface area (Å²) in [6.07, 6.45) is 2.69. The van der Waals surface area contributed by atoms with Crippen LogP contribution in [-0.4, -0.2) is 23.3 Å². The van der Waals surface area contributed by atoms with Gasteiger partial charge in [0.1, 0.15) is 30.6 Å². The summed E-state index contributed by atoms with van der Waals surface area (Å²) in [6, 6.07) is 5.16. The van der Waals surface area contributed by atoms with Crippen molar-refractivity contribution in [3.8, 4) is 11.6 Å². The number of halogens is 1. The first-order valence-electron chi connectivity index (χ1n) is 5.51. The summed E-state index contributed by atoms with van der Waals surface area (Å²) in [5.41, 5.74) is 12.5. The van der Waals surface area contributed by atoms with Gasteiger partial charge in [-0.1, -0.05) is 5.16 Å². The van der Waals surface area contributed by atoms with Gasteiger partial charge in [0.05, 0.1) is 6.21 Å². The van der Waals surface area contributed by atoms with Crippen LogP contribution in [0.25, 0.3) is 0 Å². The summed E-state index contributed by atoms with van der Waals surface area (Å²) in [5.74, 6) is 1.07. The number of oxime groups is 1. The van der Waals surface area contributed by atoms with E-state index in [0.29, 0.717) is 17.0 Å². The highest BCUT2D eigenvalue weighted by molar-refractivity contribution is 9.10. The Hall–Kier alpha value is -2.35. The first kappa shape index (κ1) is 14.1. The number of hydrogen-bond acceptors (Lipinski definition) is 7. The van der Waals surface area contributed by atoms with Crippen LogP contribution in [0.4, 0.5) is 11.5 Å². The van der Waals surface area contributed by atoms with E-state index in [1.165, 1.54) is 19.7 Å². The van der Waals surface area contributed by atoms with Crippen molar-refractivity contribution < 1.29 is 9.57 Å². The lowest BCUT2D eigenvalue weighted by atomic mass is 10.3. The van der Waals surface area contributed by atoms with Crippen molar-refractivity contribution in [1.82, 2.24) is 9.97 Å². The number of rotatable bonds is 4. The monoisotopic (exact) mass is 337 g/mol. The molecule has 0 aliphatic heterocycles. The minimum atomic E-state index is 0.241. The number of hydrogen-bond donors (Lipinski definition) is 2. The van der Waals surface area contributed by atoms with Gasteiger partial charge in [-0.25, -0.2) is 9.97 Å². The number of aromatic nitrogens is 2. The minimum absolute atomic E-state index is 0.241. The third-order valence-corrected chi connectivity index (χ3v) is 3.04. The maximum atomic E-state index is 5.76. The van der Waals surface area contributed by atoms with Crippen LogP contribution in [0.15, 0.2) is 34.2 Å². The highest BCUT2D eigenvalue weighted by Gasteiger charge is 2.10. The fourth-order valence-corrected chi connectivity index (χ4v) is 1.74. The second-order valence-electron chi connectivity index (χ2n) is 3.68. The molecular weight excluding hydrogens is 326 g/mol. The average Bonchev–Trinajstić information content (AvgIpc) is 2.42. The van der Waals surface area contributed by atoms with Crippen LogP contribution in [0.2, 0.25) is 0 Å². The number of nitrogen functional groups attached to an aromatic ring is 2. The molecule has 8 heteroatoms. The largest absolute Gasteiger partial charge is 0.438 e. The SMILES string of the molecule is CON=Cc1c(N)ncnc1Oc1ccc(N)c(Br)c1. The topological polar surface area (TPSA) is 109 Å². The second kappa shape index (κ2) is 6.20. The lowest BCUT2D eigenvalue weighted by Gasteiger charge is -2.09. The first-order valence-corrected chi connectivity index (χ1v) is 6.31. The highest BCUT2D eigenvalue weighted by Crippen LogP contribution is 2.29. The molecule has 2 aromatic rings. The van der Waals surface area contributed by atoms with Gasteiger partial charge in [-0.3, -0.25) is 0 Å². The number of anilines is 2. The van der Waals surface area contributed by atoms with Crippen LogP contribution in [0.5, 0.6) is 11.6 Å². The van der Waals surface area contributed by atoms with E-state index in [2.05, 4.69) is 35.9 Å². The molecular formula is C12H12BrN5O2. The van der Waals surface area contributed by atoms with Crippen LogP contribution in [-0.2, 0) is 4.84 Å². The smallest absolute Gasteiger partial charge is 0.233 e. The molecule has 1 heterocycles. The molecule has 0 fully saturated rings. The summed E-state index contributed by atoms with van der Waals surface area (Å²) in [6.45, 7) is 0. The summed E-state index contributed by atoms with van der Waals surface area (Å²) < 4.78 is 6.39. The molecule has 2 rings (SSSR count). The standard InChI is InChI=1S/C12H12BrN5O2/c1-19-18-5-8-11(15)16-6-17-12(8)20-7-2-3-10(14)9(13)4-7/h2-6H,14H2,1H3,(H2,15,16,17). The Morgan fingerprint density at radius 2 is 2.10 bits per heavy atom. The molecule has 0 bridgehead atoms. The molecule has 7 nitrogen and oxygen atoms in total. The van der Waals surface area contributed by atoms with Gasteiger partial charge < -0.3 is 21.0 Å². The Kier molecular flexibility index (Phi) is 4.36. The minimum Gasteiger partial charge on any atom is -0.438 e. The first-order chi connectivity index (χ1) is 9.61. The van der Waals surface area contributed by atoms with Gasteiger partial charge in [-0.05, 0) is 34.1 Å². The van der Waals surface area contributed by atoms with Crippen molar-refractivity contribution in [2.24, 2.45) is 5.16 Å². The van der Waals surface area contributed by atoms with Gasteiger partial charge in [-0.15, -0.1) is 0 Å². The summed E-state index contributed by atoms with van der Waals surface area (Å²) in [4.78, 5) is 12.5. The summed E-state index contributed by atoms with van der Waals surface area (Å²) in [5, 5.41) is 3.64. The second-order valence-corrected chi connectivity index (χ2v) is 4.53. The van der Waals surface area contributed by atoms with Crippen molar-refractivity contribution in [3.63, 3.8) is 0 Å². The average molecular weight is 338 g/mol. The quantitative estimate of drug-likeness (QED) is 0.502. The fraction of sp³-hybridized carbons (Fsp3) is 0.0833. The van der Waals surface area contributed by atoms with Crippen LogP contribution >= 0.6 is 15.9 Å². The van der Waals surface area contributed by atoms with Gasteiger partial charge in [0.25, 0.3) is 0 Å². The lowest BCUT2D eigenvalue weighted by Crippen LogP contribution is -2.02. The zero-order chi connectivity index (χ0) is 14.5. The van der Waals surface area contributed by atoms with E-state index in [0.717, 1.165) is 4.47 Å². The van der Waals surface area contributed by atoms with Crippen molar-refractivity contribution in [3.05, 3.63) is 34.6 Å². The van der Waals surface area contributed by atoms with Crippen LogP contribution < -0.4 is 16.2 Å². The third-order valence-electron chi connectivity index (χ3n) is 2.35. The van der Waals surface area contributed by atoms with E-state index in [1.54, 1.807) is 18.2 Å². The Bertz CT molecular complexity index is 648. The molecule has 0 atom stereocenters. The third kappa shape index (κ3) is 3.15. The predicted octanol–water partition coefficient (Wildman–Crippen LogP) is 2.18. The molecule has 0 saturated heterocycles. The molecule has 20 heavy (non-hydrogen) atoms. The molecule has 0 amide bonds. The van der Waals surface area contributed by atoms with Gasteiger partial charge in [0.2, 0.25) is 5.88 Å². The van der Waals surface area contributed by atoms with Crippen LogP contribution in [0.3, 0.4) is 0 Å². The zero-order valence-corrected chi connectivity index (χ0v) is 12.2. The molecule has 1 aromatic carbocycles. The van der Waals surface area contributed by atoms with Crippen LogP contribution in [0, 0.1) is 0 Å².